The molecule has 1 unspecified atom stereocenters. The van der Waals surface area contributed by atoms with Crippen LogP contribution < -0.4 is 5.32 Å². The third-order valence-corrected chi connectivity index (χ3v) is 3.63. The topological polar surface area (TPSA) is 21.3 Å². The van der Waals surface area contributed by atoms with Crippen LogP contribution in [-0.4, -0.2) is 19.3 Å². The molecular weight excluding hydrogens is 218 g/mol. The van der Waals surface area contributed by atoms with Gasteiger partial charge in [-0.2, -0.15) is 0 Å². The second kappa shape index (κ2) is 5.12. The van der Waals surface area contributed by atoms with Crippen LogP contribution in [0.1, 0.15) is 17.7 Å². The van der Waals surface area contributed by atoms with E-state index >= 15 is 0 Å². The molecule has 1 atom stereocenters. The third-order valence-electron chi connectivity index (χ3n) is 2.35. The van der Waals surface area contributed by atoms with E-state index in [1.807, 2.05) is 11.4 Å². The van der Waals surface area contributed by atoms with Crippen LogP contribution in [0, 0.1) is 0 Å². The second-order valence-electron chi connectivity index (χ2n) is 3.53. The maximum atomic E-state index is 5.84. The molecule has 1 aliphatic heterocycles. The van der Waals surface area contributed by atoms with Crippen molar-refractivity contribution in [3.8, 4) is 0 Å². The van der Waals surface area contributed by atoms with Crippen molar-refractivity contribution in [2.75, 3.05) is 13.2 Å². The Morgan fingerprint density at radius 2 is 2.57 bits per heavy atom. The molecule has 0 amide bonds. The van der Waals surface area contributed by atoms with Crippen molar-refractivity contribution in [3.63, 3.8) is 0 Å². The van der Waals surface area contributed by atoms with E-state index in [9.17, 15) is 0 Å². The summed E-state index contributed by atoms with van der Waals surface area (Å²) in [5, 5.41) is 6.29. The molecule has 1 N–H and O–H groups in total. The molecule has 0 bridgehead atoms. The van der Waals surface area contributed by atoms with Gasteiger partial charge in [0.1, 0.15) is 0 Å². The van der Waals surface area contributed by atoms with Gasteiger partial charge in [0.25, 0.3) is 0 Å². The fraction of sp³-hybridized carbons (Fsp3) is 0.600. The highest BCUT2D eigenvalue weighted by molar-refractivity contribution is 7.10. The first-order valence-electron chi connectivity index (χ1n) is 4.88. The van der Waals surface area contributed by atoms with E-state index in [-0.39, 0.29) is 0 Å². The van der Waals surface area contributed by atoms with Gasteiger partial charge < -0.3 is 10.1 Å². The Bertz CT molecular complexity index is 283. The van der Waals surface area contributed by atoms with Crippen molar-refractivity contribution in [2.24, 2.45) is 0 Å². The SMILES string of the molecule is Clc1csc(CNC2CCCOC2)c1. The second-order valence-corrected chi connectivity index (χ2v) is 4.96. The van der Waals surface area contributed by atoms with E-state index in [1.165, 1.54) is 17.7 Å². The summed E-state index contributed by atoms with van der Waals surface area (Å²) in [4.78, 5) is 1.29. The smallest absolute Gasteiger partial charge is 0.0619 e. The Balaban J connectivity index is 1.76. The average Bonchev–Trinajstić information content (AvgIpc) is 2.63. The fourth-order valence-electron chi connectivity index (χ4n) is 1.59. The maximum Gasteiger partial charge on any atom is 0.0619 e. The number of ether oxygens (including phenoxy) is 1. The zero-order valence-corrected chi connectivity index (χ0v) is 9.53. The lowest BCUT2D eigenvalue weighted by molar-refractivity contribution is 0.0700. The zero-order valence-electron chi connectivity index (χ0n) is 7.96. The van der Waals surface area contributed by atoms with Gasteiger partial charge in [-0.1, -0.05) is 11.6 Å². The van der Waals surface area contributed by atoms with Crippen LogP contribution in [0.3, 0.4) is 0 Å². The lowest BCUT2D eigenvalue weighted by Gasteiger charge is -2.22. The van der Waals surface area contributed by atoms with Gasteiger partial charge in [-0.15, -0.1) is 11.3 Å². The number of hydrogen-bond donors (Lipinski definition) is 1. The fourth-order valence-corrected chi connectivity index (χ4v) is 2.62. The van der Waals surface area contributed by atoms with Crippen LogP contribution >= 0.6 is 22.9 Å². The molecule has 0 aliphatic carbocycles. The minimum absolute atomic E-state index is 0.518. The van der Waals surface area contributed by atoms with Gasteiger partial charge in [0.05, 0.1) is 11.6 Å². The predicted molar refractivity (Wildman–Crippen MR) is 60.0 cm³/mol. The molecule has 14 heavy (non-hydrogen) atoms. The molecule has 0 spiro atoms. The molecular formula is C10H14ClNOS. The van der Waals surface area contributed by atoms with E-state index in [0.29, 0.717) is 6.04 Å². The summed E-state index contributed by atoms with van der Waals surface area (Å²) >= 11 is 7.54. The summed E-state index contributed by atoms with van der Waals surface area (Å²) in [6.07, 6.45) is 2.39. The summed E-state index contributed by atoms with van der Waals surface area (Å²) in [7, 11) is 0. The van der Waals surface area contributed by atoms with E-state index in [2.05, 4.69) is 5.32 Å². The van der Waals surface area contributed by atoms with Crippen molar-refractivity contribution >= 4 is 22.9 Å². The highest BCUT2D eigenvalue weighted by Gasteiger charge is 2.12. The third kappa shape index (κ3) is 2.95. The quantitative estimate of drug-likeness (QED) is 0.864. The van der Waals surface area contributed by atoms with Gasteiger partial charge in [0.2, 0.25) is 0 Å². The van der Waals surface area contributed by atoms with Crippen molar-refractivity contribution in [1.82, 2.24) is 5.32 Å². The van der Waals surface area contributed by atoms with Crippen LogP contribution in [0.5, 0.6) is 0 Å². The summed E-state index contributed by atoms with van der Waals surface area (Å²) in [5.74, 6) is 0. The standard InChI is InChI=1S/C10H14ClNOS/c11-8-4-10(14-7-8)5-12-9-2-1-3-13-6-9/h4,7,9,12H,1-3,5-6H2. The van der Waals surface area contributed by atoms with Gasteiger partial charge in [-0.3, -0.25) is 0 Å². The van der Waals surface area contributed by atoms with Crippen LogP contribution in [0.25, 0.3) is 0 Å². The first-order chi connectivity index (χ1) is 6.84. The first-order valence-corrected chi connectivity index (χ1v) is 6.14. The molecule has 1 aliphatic rings. The van der Waals surface area contributed by atoms with E-state index in [1.54, 1.807) is 11.3 Å². The molecule has 78 valence electrons. The van der Waals surface area contributed by atoms with Gasteiger partial charge >= 0.3 is 0 Å². The van der Waals surface area contributed by atoms with E-state index in [4.69, 9.17) is 16.3 Å². The van der Waals surface area contributed by atoms with Gasteiger partial charge in [0, 0.05) is 29.5 Å². The summed E-state index contributed by atoms with van der Waals surface area (Å²) < 4.78 is 5.39. The Labute approximate surface area is 93.2 Å². The Kier molecular flexibility index (Phi) is 3.81. The van der Waals surface area contributed by atoms with Crippen LogP contribution in [-0.2, 0) is 11.3 Å². The molecule has 1 fully saturated rings. The molecule has 0 aromatic carbocycles. The molecule has 1 aromatic rings. The van der Waals surface area contributed by atoms with Gasteiger partial charge in [-0.05, 0) is 18.9 Å². The van der Waals surface area contributed by atoms with E-state index < -0.39 is 0 Å². The molecule has 0 radical (unpaired) electrons. The minimum atomic E-state index is 0.518. The van der Waals surface area contributed by atoms with Gasteiger partial charge in [-0.25, -0.2) is 0 Å². The molecule has 2 rings (SSSR count). The van der Waals surface area contributed by atoms with Crippen molar-refractivity contribution < 1.29 is 4.74 Å². The zero-order chi connectivity index (χ0) is 9.80. The average molecular weight is 232 g/mol. The van der Waals surface area contributed by atoms with Crippen molar-refractivity contribution in [2.45, 2.75) is 25.4 Å². The maximum absolute atomic E-state index is 5.84. The summed E-state index contributed by atoms with van der Waals surface area (Å²) in [6, 6.07) is 2.53. The number of halogens is 1. The highest BCUT2D eigenvalue weighted by Crippen LogP contribution is 2.19. The lowest BCUT2D eigenvalue weighted by Crippen LogP contribution is -2.36. The van der Waals surface area contributed by atoms with Crippen molar-refractivity contribution in [3.05, 3.63) is 21.3 Å². The van der Waals surface area contributed by atoms with E-state index in [0.717, 1.165) is 24.8 Å². The highest BCUT2D eigenvalue weighted by atomic mass is 35.5. The van der Waals surface area contributed by atoms with Crippen LogP contribution in [0.4, 0.5) is 0 Å². The molecule has 4 heteroatoms. The van der Waals surface area contributed by atoms with Crippen LogP contribution in [0.2, 0.25) is 5.02 Å². The monoisotopic (exact) mass is 231 g/mol. The number of rotatable bonds is 3. The van der Waals surface area contributed by atoms with Gasteiger partial charge in [0.15, 0.2) is 0 Å². The van der Waals surface area contributed by atoms with Crippen molar-refractivity contribution in [1.29, 1.82) is 0 Å². The largest absolute Gasteiger partial charge is 0.380 e. The Morgan fingerprint density at radius 1 is 1.64 bits per heavy atom. The number of hydrogen-bond acceptors (Lipinski definition) is 3. The molecule has 0 saturated carbocycles. The molecule has 2 nitrogen and oxygen atoms in total. The normalized spacial score (nSPS) is 22.5. The Hall–Kier alpha value is -0.0900. The molecule has 1 saturated heterocycles. The number of thiophene rings is 1. The lowest BCUT2D eigenvalue weighted by atomic mass is 10.1. The summed E-state index contributed by atoms with van der Waals surface area (Å²) in [5.41, 5.74) is 0. The predicted octanol–water partition coefficient (Wildman–Crippen LogP) is 2.67. The molecule has 2 heterocycles. The minimum Gasteiger partial charge on any atom is -0.380 e. The first kappa shape index (κ1) is 10.4. The molecule has 1 aromatic heterocycles. The number of nitrogens with one attached hydrogen (secondary N) is 1. The Morgan fingerprint density at radius 3 is 3.21 bits per heavy atom. The van der Waals surface area contributed by atoms with Crippen LogP contribution in [0.15, 0.2) is 11.4 Å². The summed E-state index contributed by atoms with van der Waals surface area (Å²) in [6.45, 7) is 2.67.